The molecule has 0 atom stereocenters. The fourth-order valence-electron chi connectivity index (χ4n) is 2.75. The first-order valence-electron chi connectivity index (χ1n) is 8.77. The van der Waals surface area contributed by atoms with E-state index in [0.717, 1.165) is 36.4 Å². The Bertz CT molecular complexity index is 826. The predicted molar refractivity (Wildman–Crippen MR) is 101 cm³/mol. The van der Waals surface area contributed by atoms with Crippen LogP contribution < -0.4 is 10.6 Å². The number of anilines is 1. The third-order valence-electron chi connectivity index (χ3n) is 4.10. The molecule has 0 bridgehead atoms. The van der Waals surface area contributed by atoms with Crippen molar-refractivity contribution in [3.05, 3.63) is 60.2 Å². The summed E-state index contributed by atoms with van der Waals surface area (Å²) in [6.45, 7) is 3.76. The van der Waals surface area contributed by atoms with Crippen molar-refractivity contribution in [1.29, 1.82) is 0 Å². The maximum Gasteiger partial charge on any atom is 0.240 e. The van der Waals surface area contributed by atoms with Crippen molar-refractivity contribution in [2.24, 2.45) is 0 Å². The number of benzene rings is 2. The predicted octanol–water partition coefficient (Wildman–Crippen LogP) is 3.56. The van der Waals surface area contributed by atoms with Gasteiger partial charge in [-0.1, -0.05) is 55.8 Å². The number of aromatic nitrogens is 2. The van der Waals surface area contributed by atoms with Crippen LogP contribution in [-0.2, 0) is 17.9 Å². The number of nitrogens with one attached hydrogen (secondary N) is 2. The zero-order chi connectivity index (χ0) is 17.5. The largest absolute Gasteiger partial charge is 0.355 e. The topological polar surface area (TPSA) is 59.0 Å². The molecule has 0 spiro atoms. The molecule has 0 aliphatic carbocycles. The van der Waals surface area contributed by atoms with Gasteiger partial charge in [-0.2, -0.15) is 0 Å². The number of fused-ring (bicyclic) bond motifs is 1. The number of imidazole rings is 1. The third-order valence-corrected chi connectivity index (χ3v) is 4.10. The number of carbonyl (C=O) groups excluding carboxylic acids is 1. The molecule has 3 rings (SSSR count). The van der Waals surface area contributed by atoms with Crippen LogP contribution in [-0.4, -0.2) is 22.0 Å². The molecule has 0 fully saturated rings. The highest BCUT2D eigenvalue weighted by Gasteiger charge is 2.13. The molecule has 1 heterocycles. The molecule has 1 amide bonds. The summed E-state index contributed by atoms with van der Waals surface area (Å²) in [5.74, 6) is 0.732. The summed E-state index contributed by atoms with van der Waals surface area (Å²) in [5.41, 5.74) is 3.02. The molecule has 5 nitrogen and oxygen atoms in total. The maximum atomic E-state index is 12.3. The molecule has 0 saturated carbocycles. The quantitative estimate of drug-likeness (QED) is 0.618. The van der Waals surface area contributed by atoms with Crippen molar-refractivity contribution in [1.82, 2.24) is 14.9 Å². The van der Waals surface area contributed by atoms with Crippen LogP contribution in [0, 0.1) is 0 Å². The van der Waals surface area contributed by atoms with Gasteiger partial charge < -0.3 is 15.2 Å². The Hall–Kier alpha value is -2.82. The van der Waals surface area contributed by atoms with Gasteiger partial charge in [0.05, 0.1) is 11.0 Å². The molecule has 25 heavy (non-hydrogen) atoms. The van der Waals surface area contributed by atoms with Gasteiger partial charge in [0.15, 0.2) is 0 Å². The van der Waals surface area contributed by atoms with Crippen LogP contribution in [0.5, 0.6) is 0 Å². The first kappa shape index (κ1) is 17.0. The highest BCUT2D eigenvalue weighted by atomic mass is 16.1. The average molecular weight is 336 g/mol. The second-order valence-corrected chi connectivity index (χ2v) is 6.05. The molecule has 0 unspecified atom stereocenters. The lowest BCUT2D eigenvalue weighted by Gasteiger charge is -2.11. The summed E-state index contributed by atoms with van der Waals surface area (Å²) in [4.78, 5) is 16.9. The Labute approximate surface area is 148 Å². The van der Waals surface area contributed by atoms with E-state index in [-0.39, 0.29) is 12.5 Å². The number of carbonyl (C=O) groups is 1. The number of hydrogen-bond acceptors (Lipinski definition) is 3. The smallest absolute Gasteiger partial charge is 0.240 e. The lowest BCUT2D eigenvalue weighted by atomic mass is 10.2. The molecule has 1 aromatic heterocycles. The first-order valence-corrected chi connectivity index (χ1v) is 8.77. The van der Waals surface area contributed by atoms with E-state index in [1.165, 1.54) is 5.56 Å². The Morgan fingerprint density at radius 2 is 1.84 bits per heavy atom. The van der Waals surface area contributed by atoms with E-state index in [0.29, 0.717) is 6.54 Å². The third kappa shape index (κ3) is 4.38. The van der Waals surface area contributed by atoms with Gasteiger partial charge in [-0.15, -0.1) is 0 Å². The Kier molecular flexibility index (Phi) is 5.67. The zero-order valence-electron chi connectivity index (χ0n) is 14.5. The van der Waals surface area contributed by atoms with Gasteiger partial charge in [0, 0.05) is 13.1 Å². The number of para-hydroxylation sites is 2. The first-order chi connectivity index (χ1) is 12.3. The van der Waals surface area contributed by atoms with E-state index in [9.17, 15) is 4.79 Å². The molecule has 5 heteroatoms. The normalized spacial score (nSPS) is 10.8. The van der Waals surface area contributed by atoms with Gasteiger partial charge in [-0.3, -0.25) is 4.79 Å². The van der Waals surface area contributed by atoms with E-state index in [4.69, 9.17) is 0 Å². The minimum Gasteiger partial charge on any atom is -0.355 e. The molecular formula is C20H24N4O. The second-order valence-electron chi connectivity index (χ2n) is 6.05. The summed E-state index contributed by atoms with van der Waals surface area (Å²) >= 11 is 0. The summed E-state index contributed by atoms with van der Waals surface area (Å²) in [7, 11) is 0. The van der Waals surface area contributed by atoms with Crippen molar-refractivity contribution >= 4 is 22.9 Å². The Morgan fingerprint density at radius 1 is 1.08 bits per heavy atom. The molecule has 0 aliphatic heterocycles. The van der Waals surface area contributed by atoms with Crippen LogP contribution in [0.1, 0.15) is 25.3 Å². The number of unbranched alkanes of at least 4 members (excludes halogenated alkanes) is 1. The molecular weight excluding hydrogens is 312 g/mol. The molecule has 0 saturated heterocycles. The van der Waals surface area contributed by atoms with E-state index < -0.39 is 0 Å². The van der Waals surface area contributed by atoms with E-state index in [1.54, 1.807) is 0 Å². The van der Waals surface area contributed by atoms with Crippen LogP contribution in [0.3, 0.4) is 0 Å². The average Bonchev–Trinajstić information content (AvgIpc) is 2.99. The van der Waals surface area contributed by atoms with Crippen molar-refractivity contribution in [2.45, 2.75) is 32.9 Å². The summed E-state index contributed by atoms with van der Waals surface area (Å²) in [5, 5.41) is 6.34. The van der Waals surface area contributed by atoms with Gasteiger partial charge in [0.25, 0.3) is 0 Å². The molecule has 130 valence electrons. The zero-order valence-corrected chi connectivity index (χ0v) is 14.5. The minimum absolute atomic E-state index is 0.0133. The number of nitrogens with zero attached hydrogens (tertiary/aromatic N) is 2. The number of hydrogen-bond donors (Lipinski definition) is 2. The molecule has 0 radical (unpaired) electrons. The molecule has 2 aromatic carbocycles. The summed E-state index contributed by atoms with van der Waals surface area (Å²) < 4.78 is 1.94. The van der Waals surface area contributed by atoms with Crippen LogP contribution >= 0.6 is 0 Å². The van der Waals surface area contributed by atoms with Gasteiger partial charge in [-0.25, -0.2) is 4.98 Å². The van der Waals surface area contributed by atoms with Crippen molar-refractivity contribution < 1.29 is 4.79 Å². The van der Waals surface area contributed by atoms with Crippen LogP contribution in [0.15, 0.2) is 54.6 Å². The van der Waals surface area contributed by atoms with Crippen LogP contribution in [0.25, 0.3) is 11.0 Å². The highest BCUT2D eigenvalue weighted by molar-refractivity contribution is 5.83. The SMILES string of the molecule is CCCCNC(=O)Cn1c(NCc2ccccc2)nc2ccccc21. The lowest BCUT2D eigenvalue weighted by Crippen LogP contribution is -2.28. The van der Waals surface area contributed by atoms with E-state index in [2.05, 4.69) is 34.7 Å². The van der Waals surface area contributed by atoms with Crippen molar-refractivity contribution in [3.8, 4) is 0 Å². The lowest BCUT2D eigenvalue weighted by molar-refractivity contribution is -0.121. The van der Waals surface area contributed by atoms with E-state index >= 15 is 0 Å². The van der Waals surface area contributed by atoms with Gasteiger partial charge >= 0.3 is 0 Å². The number of amides is 1. The maximum absolute atomic E-state index is 12.3. The van der Waals surface area contributed by atoms with E-state index in [1.807, 2.05) is 47.0 Å². The standard InChI is InChI=1S/C20H24N4O/c1-2-3-13-21-19(25)15-24-18-12-8-7-11-17(18)23-20(24)22-14-16-9-5-4-6-10-16/h4-12H,2-3,13-15H2,1H3,(H,21,25)(H,22,23). The van der Waals surface area contributed by atoms with Crippen LogP contribution in [0.2, 0.25) is 0 Å². The molecule has 2 N–H and O–H groups in total. The number of rotatable bonds is 8. The van der Waals surface area contributed by atoms with Crippen molar-refractivity contribution in [3.63, 3.8) is 0 Å². The minimum atomic E-state index is 0.0133. The van der Waals surface area contributed by atoms with Gasteiger partial charge in [-0.05, 0) is 24.1 Å². The Morgan fingerprint density at radius 3 is 2.64 bits per heavy atom. The summed E-state index contributed by atoms with van der Waals surface area (Å²) in [6.07, 6.45) is 2.06. The fourth-order valence-corrected chi connectivity index (χ4v) is 2.75. The molecule has 0 aliphatic rings. The highest BCUT2D eigenvalue weighted by Crippen LogP contribution is 2.20. The second kappa shape index (κ2) is 8.33. The fraction of sp³-hybridized carbons (Fsp3) is 0.300. The molecule has 3 aromatic rings. The van der Waals surface area contributed by atoms with Crippen molar-refractivity contribution in [2.75, 3.05) is 11.9 Å². The monoisotopic (exact) mass is 336 g/mol. The van der Waals surface area contributed by atoms with Gasteiger partial charge in [0.1, 0.15) is 6.54 Å². The van der Waals surface area contributed by atoms with Gasteiger partial charge in [0.2, 0.25) is 11.9 Å². The van der Waals surface area contributed by atoms with Crippen LogP contribution in [0.4, 0.5) is 5.95 Å². The Balaban J connectivity index is 1.78. The summed E-state index contributed by atoms with van der Waals surface area (Å²) in [6, 6.07) is 18.1.